The molecule has 0 radical (unpaired) electrons. The predicted molar refractivity (Wildman–Crippen MR) is 115 cm³/mol. The second-order valence-electron chi connectivity index (χ2n) is 7.35. The smallest absolute Gasteiger partial charge is 0.228 e. The lowest BCUT2D eigenvalue weighted by Crippen LogP contribution is -2.39. The van der Waals surface area contributed by atoms with Gasteiger partial charge in [-0.3, -0.25) is 14.8 Å². The highest BCUT2D eigenvalue weighted by Gasteiger charge is 2.28. The molecule has 0 unspecified atom stereocenters. The molecule has 4 rings (SSSR count). The Morgan fingerprint density at radius 3 is 2.60 bits per heavy atom. The lowest BCUT2D eigenvalue weighted by molar-refractivity contribution is -0.131. The van der Waals surface area contributed by atoms with Gasteiger partial charge >= 0.3 is 0 Å². The molecule has 3 aromatic heterocycles. The fourth-order valence-electron chi connectivity index (χ4n) is 3.69. The van der Waals surface area contributed by atoms with Crippen molar-refractivity contribution in [1.82, 2.24) is 19.9 Å². The van der Waals surface area contributed by atoms with Crippen molar-refractivity contribution in [2.75, 3.05) is 19.3 Å². The average molecular weight is 443 g/mol. The third kappa shape index (κ3) is 4.57. The normalized spacial score (nSPS) is 15.3. The fourth-order valence-corrected chi connectivity index (χ4v) is 5.41. The number of nitrogens with zero attached hydrogens (tertiary/aromatic N) is 4. The number of piperidine rings is 1. The minimum Gasteiger partial charge on any atom is -0.342 e. The highest BCUT2D eigenvalue weighted by molar-refractivity contribution is 7.90. The van der Waals surface area contributed by atoms with Crippen LogP contribution in [-0.4, -0.2) is 53.5 Å². The van der Waals surface area contributed by atoms with Crippen molar-refractivity contribution < 1.29 is 13.2 Å². The number of hydrogen-bond donors (Lipinski definition) is 0. The molecule has 9 heteroatoms. The van der Waals surface area contributed by atoms with Crippen molar-refractivity contribution in [1.29, 1.82) is 0 Å². The summed E-state index contributed by atoms with van der Waals surface area (Å²) >= 11 is 1.48. The van der Waals surface area contributed by atoms with E-state index in [0.717, 1.165) is 16.4 Å². The Kier molecular flexibility index (Phi) is 5.92. The van der Waals surface area contributed by atoms with Gasteiger partial charge in [-0.25, -0.2) is 13.4 Å². The number of sulfone groups is 1. The van der Waals surface area contributed by atoms with Crippen LogP contribution in [0.4, 0.5) is 0 Å². The van der Waals surface area contributed by atoms with E-state index in [9.17, 15) is 13.2 Å². The molecule has 3 aromatic rings. The zero-order valence-corrected chi connectivity index (χ0v) is 18.2. The zero-order valence-electron chi connectivity index (χ0n) is 16.6. The maximum atomic E-state index is 12.7. The molecule has 156 valence electrons. The SMILES string of the molecule is CS(=O)(=O)c1cccnc1C1CCN(C(=O)Cc2csc(-c3ccccn3)n2)CC1. The second-order valence-corrected chi connectivity index (χ2v) is 10.2. The van der Waals surface area contributed by atoms with E-state index in [0.29, 0.717) is 36.5 Å². The highest BCUT2D eigenvalue weighted by Crippen LogP contribution is 2.31. The molecule has 30 heavy (non-hydrogen) atoms. The summed E-state index contributed by atoms with van der Waals surface area (Å²) < 4.78 is 24.1. The van der Waals surface area contributed by atoms with Gasteiger partial charge in [0.15, 0.2) is 9.84 Å². The first-order valence-electron chi connectivity index (χ1n) is 9.70. The monoisotopic (exact) mass is 442 g/mol. The van der Waals surface area contributed by atoms with Crippen LogP contribution < -0.4 is 0 Å². The van der Waals surface area contributed by atoms with E-state index in [4.69, 9.17) is 0 Å². The summed E-state index contributed by atoms with van der Waals surface area (Å²) in [6.45, 7) is 1.17. The lowest BCUT2D eigenvalue weighted by atomic mass is 9.93. The van der Waals surface area contributed by atoms with Gasteiger partial charge in [-0.2, -0.15) is 0 Å². The molecule has 1 amide bonds. The minimum absolute atomic E-state index is 0.0370. The van der Waals surface area contributed by atoms with Crippen LogP contribution in [0, 0.1) is 0 Å². The Hall–Kier alpha value is -2.65. The molecule has 0 N–H and O–H groups in total. The number of carbonyl (C=O) groups is 1. The van der Waals surface area contributed by atoms with E-state index in [1.54, 1.807) is 24.5 Å². The summed E-state index contributed by atoms with van der Waals surface area (Å²) in [5.74, 6) is 0.0747. The Morgan fingerprint density at radius 2 is 1.90 bits per heavy atom. The fraction of sp³-hybridized carbons (Fsp3) is 0.333. The van der Waals surface area contributed by atoms with Crippen LogP contribution in [0.25, 0.3) is 10.7 Å². The van der Waals surface area contributed by atoms with Crippen molar-refractivity contribution in [2.24, 2.45) is 0 Å². The van der Waals surface area contributed by atoms with Gasteiger partial charge in [0.25, 0.3) is 0 Å². The first-order chi connectivity index (χ1) is 14.4. The molecule has 1 fully saturated rings. The highest BCUT2D eigenvalue weighted by atomic mass is 32.2. The van der Waals surface area contributed by atoms with E-state index in [1.165, 1.54) is 17.6 Å². The number of pyridine rings is 2. The van der Waals surface area contributed by atoms with Crippen LogP contribution in [0.2, 0.25) is 0 Å². The molecular weight excluding hydrogens is 420 g/mol. The van der Waals surface area contributed by atoms with Gasteiger partial charge in [0.1, 0.15) is 5.01 Å². The van der Waals surface area contributed by atoms with Gasteiger partial charge in [-0.05, 0) is 37.1 Å². The van der Waals surface area contributed by atoms with Gasteiger partial charge in [-0.15, -0.1) is 11.3 Å². The molecule has 0 saturated carbocycles. The van der Waals surface area contributed by atoms with Crippen molar-refractivity contribution in [3.63, 3.8) is 0 Å². The molecule has 0 aromatic carbocycles. The van der Waals surface area contributed by atoms with Gasteiger partial charge in [0.05, 0.1) is 28.4 Å². The summed E-state index contributed by atoms with van der Waals surface area (Å²) in [7, 11) is -3.33. The van der Waals surface area contributed by atoms with Crippen molar-refractivity contribution in [2.45, 2.75) is 30.1 Å². The standard InChI is InChI=1S/C21H22N4O3S2/c1-30(27,28)18-6-4-10-23-20(18)15-7-11-25(12-8-15)19(26)13-16-14-29-21(24-16)17-5-2-3-9-22-17/h2-6,9-10,14-15H,7-8,11-13H2,1H3. The number of likely N-dealkylation sites (tertiary alicyclic amines) is 1. The summed E-state index contributed by atoms with van der Waals surface area (Å²) in [5, 5.41) is 2.71. The van der Waals surface area contributed by atoms with Crippen LogP contribution in [0.5, 0.6) is 0 Å². The van der Waals surface area contributed by atoms with Gasteiger partial charge in [0, 0.05) is 43.0 Å². The van der Waals surface area contributed by atoms with Crippen LogP contribution >= 0.6 is 11.3 Å². The molecule has 1 aliphatic heterocycles. The maximum Gasteiger partial charge on any atom is 0.228 e. The zero-order chi connectivity index (χ0) is 21.1. The van der Waals surface area contributed by atoms with Gasteiger partial charge in [0.2, 0.25) is 5.91 Å². The summed E-state index contributed by atoms with van der Waals surface area (Å²) in [6, 6.07) is 8.92. The van der Waals surface area contributed by atoms with Crippen LogP contribution in [0.1, 0.15) is 30.1 Å². The lowest BCUT2D eigenvalue weighted by Gasteiger charge is -2.32. The average Bonchev–Trinajstić information content (AvgIpc) is 3.22. The number of aromatic nitrogens is 3. The minimum atomic E-state index is -3.33. The number of hydrogen-bond acceptors (Lipinski definition) is 7. The van der Waals surface area contributed by atoms with E-state index in [2.05, 4.69) is 15.0 Å². The Bertz CT molecular complexity index is 1140. The number of carbonyl (C=O) groups excluding carboxylic acids is 1. The quantitative estimate of drug-likeness (QED) is 0.603. The van der Waals surface area contributed by atoms with Gasteiger partial charge in [-0.1, -0.05) is 6.07 Å². The first kappa shape index (κ1) is 20.6. The second kappa shape index (κ2) is 8.61. The van der Waals surface area contributed by atoms with Crippen molar-refractivity contribution in [3.8, 4) is 10.7 Å². The van der Waals surface area contributed by atoms with Gasteiger partial charge < -0.3 is 4.90 Å². The van der Waals surface area contributed by atoms with Crippen LogP contribution in [0.3, 0.4) is 0 Å². The van der Waals surface area contributed by atoms with E-state index >= 15 is 0 Å². The molecule has 1 saturated heterocycles. The summed E-state index contributed by atoms with van der Waals surface area (Å²) in [6.07, 6.45) is 6.21. The van der Waals surface area contributed by atoms with Crippen molar-refractivity contribution >= 4 is 27.1 Å². The third-order valence-electron chi connectivity index (χ3n) is 5.20. The topological polar surface area (TPSA) is 93.1 Å². The first-order valence-corrected chi connectivity index (χ1v) is 12.5. The molecule has 0 spiro atoms. The molecular formula is C21H22N4O3S2. The van der Waals surface area contributed by atoms with E-state index in [1.807, 2.05) is 28.5 Å². The van der Waals surface area contributed by atoms with Crippen LogP contribution in [0.15, 0.2) is 53.0 Å². The van der Waals surface area contributed by atoms with Crippen LogP contribution in [-0.2, 0) is 21.1 Å². The number of thiazole rings is 1. The molecule has 0 bridgehead atoms. The molecule has 4 heterocycles. The van der Waals surface area contributed by atoms with E-state index in [-0.39, 0.29) is 18.2 Å². The summed E-state index contributed by atoms with van der Waals surface area (Å²) in [5.41, 5.74) is 2.17. The molecule has 7 nitrogen and oxygen atoms in total. The predicted octanol–water partition coefficient (Wildman–Crippen LogP) is 2.95. The maximum absolute atomic E-state index is 12.7. The van der Waals surface area contributed by atoms with Crippen molar-refractivity contribution in [3.05, 3.63) is 59.5 Å². The Balaban J connectivity index is 1.38. The molecule has 1 aliphatic rings. The number of rotatable bonds is 5. The Labute approximate surface area is 179 Å². The largest absolute Gasteiger partial charge is 0.342 e. The molecule has 0 atom stereocenters. The van der Waals surface area contributed by atoms with E-state index < -0.39 is 9.84 Å². The molecule has 0 aliphatic carbocycles. The number of amides is 1. The third-order valence-corrected chi connectivity index (χ3v) is 7.26. The Morgan fingerprint density at radius 1 is 1.13 bits per heavy atom. The summed E-state index contributed by atoms with van der Waals surface area (Å²) in [4.78, 5) is 28.1.